The van der Waals surface area contributed by atoms with E-state index in [-0.39, 0.29) is 18.4 Å². The fourth-order valence-electron chi connectivity index (χ4n) is 3.52. The minimum Gasteiger partial charge on any atom is -0.350 e. The largest absolute Gasteiger partial charge is 0.350 e. The van der Waals surface area contributed by atoms with Crippen molar-refractivity contribution >= 4 is 23.4 Å². The van der Waals surface area contributed by atoms with E-state index >= 15 is 0 Å². The summed E-state index contributed by atoms with van der Waals surface area (Å²) in [7, 11) is 0. The summed E-state index contributed by atoms with van der Waals surface area (Å²) in [5, 5.41) is 5.18. The number of hydrogen-bond acceptors (Lipinski definition) is 3. The van der Waals surface area contributed by atoms with Crippen LogP contribution in [-0.4, -0.2) is 30.3 Å². The molecule has 0 spiro atoms. The second-order valence-electron chi connectivity index (χ2n) is 7.83. The Balaban J connectivity index is 1.66. The highest BCUT2D eigenvalue weighted by Crippen LogP contribution is 2.22. The average Bonchev–Trinajstić information content (AvgIpc) is 3.16. The van der Waals surface area contributed by atoms with Crippen LogP contribution in [0.15, 0.2) is 42.5 Å². The molecule has 0 radical (unpaired) electrons. The van der Waals surface area contributed by atoms with Gasteiger partial charge in [0.15, 0.2) is 0 Å². The van der Waals surface area contributed by atoms with Crippen molar-refractivity contribution in [1.29, 1.82) is 0 Å². The first kappa shape index (κ1) is 22.4. The Morgan fingerprint density at radius 2 is 1.77 bits per heavy atom. The zero-order valence-electron chi connectivity index (χ0n) is 17.5. The average molecular weight is 429 g/mol. The van der Waals surface area contributed by atoms with Gasteiger partial charge in [-0.05, 0) is 42.2 Å². The van der Waals surface area contributed by atoms with Gasteiger partial charge in [-0.2, -0.15) is 0 Å². The first-order chi connectivity index (χ1) is 14.8. The van der Waals surface area contributed by atoms with Crippen LogP contribution in [0.25, 0.3) is 0 Å². The normalized spacial score (nSPS) is 14.6. The van der Waals surface area contributed by atoms with Crippen LogP contribution in [0.4, 0.5) is 14.5 Å². The summed E-state index contributed by atoms with van der Waals surface area (Å²) in [6, 6.07) is 9.47. The number of nitrogens with zero attached hydrogens (tertiary/aromatic N) is 1. The van der Waals surface area contributed by atoms with Gasteiger partial charge in [0.25, 0.3) is 5.91 Å². The van der Waals surface area contributed by atoms with Gasteiger partial charge < -0.3 is 15.5 Å². The van der Waals surface area contributed by atoms with E-state index in [1.807, 2.05) is 24.3 Å². The molecule has 1 heterocycles. The van der Waals surface area contributed by atoms with Crippen molar-refractivity contribution in [3.8, 4) is 0 Å². The van der Waals surface area contributed by atoms with Gasteiger partial charge in [-0.25, -0.2) is 8.78 Å². The van der Waals surface area contributed by atoms with Crippen molar-refractivity contribution in [2.24, 2.45) is 5.92 Å². The van der Waals surface area contributed by atoms with Crippen LogP contribution in [0.3, 0.4) is 0 Å². The molecule has 164 valence electrons. The fraction of sp³-hybridized carbons (Fsp3) is 0.348. The Bertz CT molecular complexity index is 974. The Hall–Kier alpha value is -3.29. The maximum Gasteiger partial charge on any atom is 0.257 e. The molecule has 1 fully saturated rings. The molecule has 0 aromatic heterocycles. The number of carbonyl (C=O) groups excluding carboxylic acids is 3. The van der Waals surface area contributed by atoms with Crippen LogP contribution >= 0.6 is 0 Å². The predicted octanol–water partition coefficient (Wildman–Crippen LogP) is 3.16. The molecular formula is C23H25F2N3O3. The third-order valence-electron chi connectivity index (χ3n) is 5.19. The minimum atomic E-state index is -0.992. The van der Waals surface area contributed by atoms with Gasteiger partial charge in [0.05, 0.1) is 0 Å². The fourth-order valence-corrected chi connectivity index (χ4v) is 3.52. The number of benzene rings is 2. The molecule has 1 saturated heterocycles. The van der Waals surface area contributed by atoms with Crippen LogP contribution < -0.4 is 15.5 Å². The van der Waals surface area contributed by atoms with E-state index in [4.69, 9.17) is 0 Å². The van der Waals surface area contributed by atoms with Gasteiger partial charge in [0.1, 0.15) is 23.2 Å². The zero-order valence-corrected chi connectivity index (χ0v) is 17.5. The molecule has 31 heavy (non-hydrogen) atoms. The van der Waals surface area contributed by atoms with Crippen molar-refractivity contribution in [2.75, 3.05) is 11.4 Å². The number of carbonyl (C=O) groups is 3. The lowest BCUT2D eigenvalue weighted by Crippen LogP contribution is -2.49. The summed E-state index contributed by atoms with van der Waals surface area (Å²) in [6.45, 7) is 4.30. The van der Waals surface area contributed by atoms with Crippen LogP contribution in [0.1, 0.15) is 42.6 Å². The van der Waals surface area contributed by atoms with Crippen LogP contribution in [0.5, 0.6) is 0 Å². The van der Waals surface area contributed by atoms with Gasteiger partial charge in [-0.3, -0.25) is 14.4 Å². The van der Waals surface area contributed by atoms with Crippen LogP contribution in [-0.2, 0) is 16.1 Å². The first-order valence-electron chi connectivity index (χ1n) is 10.2. The van der Waals surface area contributed by atoms with E-state index in [0.29, 0.717) is 13.0 Å². The molecule has 6 nitrogen and oxygen atoms in total. The Kier molecular flexibility index (Phi) is 6.99. The predicted molar refractivity (Wildman–Crippen MR) is 112 cm³/mol. The molecule has 3 amide bonds. The number of nitrogens with one attached hydrogen (secondary N) is 2. The van der Waals surface area contributed by atoms with E-state index in [0.717, 1.165) is 35.9 Å². The van der Waals surface area contributed by atoms with Gasteiger partial charge in [0, 0.05) is 25.2 Å². The number of anilines is 1. The molecule has 2 N–H and O–H groups in total. The highest BCUT2D eigenvalue weighted by atomic mass is 19.1. The Morgan fingerprint density at radius 3 is 2.39 bits per heavy atom. The molecule has 2 aromatic rings. The first-order valence-corrected chi connectivity index (χ1v) is 10.2. The third kappa shape index (κ3) is 5.25. The Labute approximate surface area is 179 Å². The summed E-state index contributed by atoms with van der Waals surface area (Å²) < 4.78 is 27.8. The topological polar surface area (TPSA) is 78.5 Å². The summed E-state index contributed by atoms with van der Waals surface area (Å²) >= 11 is 0. The minimum absolute atomic E-state index is 0.0733. The lowest BCUT2D eigenvalue weighted by molar-refractivity contribution is -0.124. The zero-order chi connectivity index (χ0) is 22.5. The number of amides is 3. The molecule has 1 atom stereocenters. The molecule has 1 aliphatic rings. The molecule has 0 unspecified atom stereocenters. The smallest absolute Gasteiger partial charge is 0.257 e. The summed E-state index contributed by atoms with van der Waals surface area (Å²) in [5.74, 6) is -3.68. The molecule has 0 bridgehead atoms. The van der Waals surface area contributed by atoms with E-state index < -0.39 is 35.1 Å². The van der Waals surface area contributed by atoms with Gasteiger partial charge in [0.2, 0.25) is 11.8 Å². The van der Waals surface area contributed by atoms with Crippen molar-refractivity contribution in [1.82, 2.24) is 10.6 Å². The van der Waals surface area contributed by atoms with Crippen molar-refractivity contribution in [2.45, 2.75) is 39.3 Å². The highest BCUT2D eigenvalue weighted by Gasteiger charge is 2.27. The third-order valence-corrected chi connectivity index (χ3v) is 5.19. The van der Waals surface area contributed by atoms with Crippen molar-refractivity contribution < 1.29 is 23.2 Å². The lowest BCUT2D eigenvalue weighted by atomic mass is 10.0. The van der Waals surface area contributed by atoms with Gasteiger partial charge in [-0.1, -0.05) is 32.0 Å². The van der Waals surface area contributed by atoms with Crippen molar-refractivity contribution in [3.05, 3.63) is 65.2 Å². The van der Waals surface area contributed by atoms with E-state index in [2.05, 4.69) is 10.6 Å². The quantitative estimate of drug-likeness (QED) is 0.710. The molecule has 0 aliphatic carbocycles. The number of hydrogen-bond donors (Lipinski definition) is 2. The van der Waals surface area contributed by atoms with E-state index in [1.165, 1.54) is 0 Å². The van der Waals surface area contributed by atoms with E-state index in [1.54, 1.807) is 18.7 Å². The van der Waals surface area contributed by atoms with Crippen LogP contribution in [0.2, 0.25) is 0 Å². The van der Waals surface area contributed by atoms with Gasteiger partial charge in [-0.15, -0.1) is 0 Å². The summed E-state index contributed by atoms with van der Waals surface area (Å²) in [5.41, 5.74) is 0.849. The lowest BCUT2D eigenvalue weighted by Gasteiger charge is -2.22. The molecule has 8 heteroatoms. The van der Waals surface area contributed by atoms with Gasteiger partial charge >= 0.3 is 0 Å². The maximum atomic E-state index is 13.9. The van der Waals surface area contributed by atoms with Crippen LogP contribution in [0, 0.1) is 17.6 Å². The second kappa shape index (κ2) is 9.68. The van der Waals surface area contributed by atoms with E-state index in [9.17, 15) is 23.2 Å². The number of rotatable bonds is 7. The number of halogens is 2. The standard InChI is InChI=1S/C23H25F2N3O3/c1-14(2)21(27-22(30)20-17(24)8-4-9-18(20)25)23(31)26-13-15-6-3-7-16(12-15)28-11-5-10-19(28)29/h3-4,6-9,12,14,21H,5,10-11,13H2,1-2H3,(H,26,31)(H,27,30)/t21-/m0/s1. The van der Waals surface area contributed by atoms with Crippen molar-refractivity contribution in [3.63, 3.8) is 0 Å². The molecule has 1 aliphatic heterocycles. The monoisotopic (exact) mass is 429 g/mol. The summed E-state index contributed by atoms with van der Waals surface area (Å²) in [4.78, 5) is 38.8. The molecule has 0 saturated carbocycles. The maximum absolute atomic E-state index is 13.9. The summed E-state index contributed by atoms with van der Waals surface area (Å²) in [6.07, 6.45) is 1.34. The Morgan fingerprint density at radius 1 is 1.10 bits per heavy atom. The molecular weight excluding hydrogens is 404 g/mol. The molecule has 3 rings (SSSR count). The SMILES string of the molecule is CC(C)[C@H](NC(=O)c1c(F)cccc1F)C(=O)NCc1cccc(N2CCCC2=O)c1. The second-order valence-corrected chi connectivity index (χ2v) is 7.83. The highest BCUT2D eigenvalue weighted by molar-refractivity contribution is 5.98. The molecule has 2 aromatic carbocycles.